The predicted octanol–water partition coefficient (Wildman–Crippen LogP) is 0.212. The molecule has 1 aromatic rings. The van der Waals surface area contributed by atoms with Crippen LogP contribution in [0.5, 0.6) is 0 Å². The summed E-state index contributed by atoms with van der Waals surface area (Å²) in [6.07, 6.45) is 1.67. The molecule has 0 amide bonds. The van der Waals surface area contributed by atoms with Crippen LogP contribution in [0.3, 0.4) is 0 Å². The molecule has 0 atom stereocenters. The average molecular weight is 248 g/mol. The fourth-order valence-electron chi connectivity index (χ4n) is 1.13. The summed E-state index contributed by atoms with van der Waals surface area (Å²) < 4.78 is 45.6. The summed E-state index contributed by atoms with van der Waals surface area (Å²) in [7, 11) is -7.70. The molecule has 0 spiro atoms. The molecule has 1 rings (SSSR count). The third kappa shape index (κ3) is 2.93. The normalized spacial score (nSPS) is 12.4. The van der Waals surface area contributed by atoms with Gasteiger partial charge in [-0.15, -0.1) is 0 Å². The summed E-state index contributed by atoms with van der Waals surface area (Å²) in [5.74, 6) is 0. The quantitative estimate of drug-likeness (QED) is 0.766. The van der Waals surface area contributed by atoms with Crippen LogP contribution in [0.15, 0.2) is 24.3 Å². The van der Waals surface area contributed by atoms with E-state index < -0.39 is 20.0 Å². The van der Waals surface area contributed by atoms with E-state index in [0.717, 1.165) is 12.5 Å². The number of sulfonamides is 2. The van der Waals surface area contributed by atoms with E-state index in [0.29, 0.717) is 3.71 Å². The molecule has 0 N–H and O–H groups in total. The van der Waals surface area contributed by atoms with Gasteiger partial charge in [0, 0.05) is 0 Å². The van der Waals surface area contributed by atoms with Crippen molar-refractivity contribution in [2.75, 3.05) is 16.2 Å². The van der Waals surface area contributed by atoms with Crippen molar-refractivity contribution in [3.05, 3.63) is 30.3 Å². The molecule has 0 heterocycles. The van der Waals surface area contributed by atoms with E-state index in [1.165, 1.54) is 18.2 Å². The molecular formula is C8H10NO4S2. The number of hydrogen-bond donors (Lipinski definition) is 0. The second-order valence-corrected chi connectivity index (χ2v) is 6.88. The van der Waals surface area contributed by atoms with Gasteiger partial charge in [-0.2, -0.15) is 3.71 Å². The molecule has 5 nitrogen and oxygen atoms in total. The average Bonchev–Trinajstić information content (AvgIpc) is 2.00. The fourth-order valence-corrected chi connectivity index (χ4v) is 4.09. The van der Waals surface area contributed by atoms with E-state index >= 15 is 0 Å². The van der Waals surface area contributed by atoms with Crippen LogP contribution >= 0.6 is 0 Å². The first-order chi connectivity index (χ1) is 6.73. The summed E-state index contributed by atoms with van der Waals surface area (Å²) >= 11 is 0. The molecule has 1 aromatic carbocycles. The van der Waals surface area contributed by atoms with Crippen molar-refractivity contribution < 1.29 is 16.8 Å². The van der Waals surface area contributed by atoms with Crippen LogP contribution in [0.4, 0.5) is 5.69 Å². The van der Waals surface area contributed by atoms with Gasteiger partial charge in [-0.05, 0) is 18.2 Å². The molecule has 0 fully saturated rings. The van der Waals surface area contributed by atoms with Crippen molar-refractivity contribution in [1.29, 1.82) is 0 Å². The molecule has 0 saturated carbocycles. The Hall–Kier alpha value is -1.08. The Morgan fingerprint density at radius 1 is 1.13 bits per heavy atom. The Balaban J connectivity index is 3.41. The molecule has 0 saturated heterocycles. The molecule has 0 aliphatic carbocycles. The van der Waals surface area contributed by atoms with Crippen molar-refractivity contribution in [2.24, 2.45) is 0 Å². The van der Waals surface area contributed by atoms with Crippen LogP contribution in [0.2, 0.25) is 0 Å². The SMILES string of the molecule is CS(=O)(=O)N(c1c[c]ccc1)S(C)(=O)=O. The van der Waals surface area contributed by atoms with Gasteiger partial charge in [0.05, 0.1) is 18.2 Å². The standard InChI is InChI=1S/C8H10NO4S2/c1-14(10,11)9(15(2,12)13)8-6-4-3-5-7-8/h3-4,6-7H,1-2H3. The lowest BCUT2D eigenvalue weighted by Crippen LogP contribution is -2.35. The van der Waals surface area contributed by atoms with Crippen LogP contribution in [-0.2, 0) is 20.0 Å². The van der Waals surface area contributed by atoms with E-state index in [-0.39, 0.29) is 5.69 Å². The van der Waals surface area contributed by atoms with Gasteiger partial charge in [0.15, 0.2) is 0 Å². The smallest absolute Gasteiger partial charge is 0.206 e. The van der Waals surface area contributed by atoms with E-state index in [9.17, 15) is 16.8 Å². The minimum Gasteiger partial charge on any atom is -0.206 e. The highest BCUT2D eigenvalue weighted by atomic mass is 32.3. The molecule has 0 aliphatic heterocycles. The van der Waals surface area contributed by atoms with Gasteiger partial charge in [0.1, 0.15) is 0 Å². The minimum atomic E-state index is -3.85. The second-order valence-electron chi connectivity index (χ2n) is 2.98. The number of benzene rings is 1. The molecule has 0 aromatic heterocycles. The number of nitrogens with zero attached hydrogens (tertiary/aromatic N) is 1. The Kier molecular flexibility index (Phi) is 3.05. The number of rotatable bonds is 3. The molecular weight excluding hydrogens is 238 g/mol. The summed E-state index contributed by atoms with van der Waals surface area (Å²) in [4.78, 5) is 0. The van der Waals surface area contributed by atoms with Crippen molar-refractivity contribution in [2.45, 2.75) is 0 Å². The summed E-state index contributed by atoms with van der Waals surface area (Å²) in [5, 5.41) is 0. The number of hydrogen-bond acceptors (Lipinski definition) is 4. The topological polar surface area (TPSA) is 71.5 Å². The number of anilines is 1. The van der Waals surface area contributed by atoms with Gasteiger partial charge < -0.3 is 0 Å². The van der Waals surface area contributed by atoms with Gasteiger partial charge in [0.2, 0.25) is 20.0 Å². The first kappa shape index (κ1) is 12.0. The van der Waals surface area contributed by atoms with Gasteiger partial charge in [-0.1, -0.05) is 12.1 Å². The lowest BCUT2D eigenvalue weighted by atomic mass is 10.3. The predicted molar refractivity (Wildman–Crippen MR) is 57.4 cm³/mol. The zero-order valence-electron chi connectivity index (χ0n) is 8.21. The van der Waals surface area contributed by atoms with Crippen LogP contribution in [-0.4, -0.2) is 29.3 Å². The Bertz CT molecular complexity index is 501. The zero-order valence-corrected chi connectivity index (χ0v) is 9.84. The van der Waals surface area contributed by atoms with Crippen LogP contribution in [0, 0.1) is 6.07 Å². The maximum atomic E-state index is 11.3. The maximum Gasteiger partial charge on any atom is 0.245 e. The molecule has 0 aliphatic rings. The Labute approximate surface area is 89.4 Å². The van der Waals surface area contributed by atoms with E-state index in [4.69, 9.17) is 0 Å². The highest BCUT2D eigenvalue weighted by molar-refractivity contribution is 8.09. The summed E-state index contributed by atoms with van der Waals surface area (Å²) in [5.41, 5.74) is 0.0579. The first-order valence-corrected chi connectivity index (χ1v) is 7.59. The van der Waals surface area contributed by atoms with Crippen molar-refractivity contribution in [3.8, 4) is 0 Å². The highest BCUT2D eigenvalue weighted by Crippen LogP contribution is 2.19. The van der Waals surface area contributed by atoms with Gasteiger partial charge >= 0.3 is 0 Å². The van der Waals surface area contributed by atoms with Crippen LogP contribution in [0.25, 0.3) is 0 Å². The monoisotopic (exact) mass is 248 g/mol. The summed E-state index contributed by atoms with van der Waals surface area (Å²) in [6.45, 7) is 0. The molecule has 0 unspecified atom stereocenters. The Morgan fingerprint density at radius 3 is 2.00 bits per heavy atom. The molecule has 7 heteroatoms. The van der Waals surface area contributed by atoms with Crippen molar-refractivity contribution >= 4 is 25.7 Å². The summed E-state index contributed by atoms with van der Waals surface area (Å²) in [6, 6.07) is 8.36. The minimum absolute atomic E-state index is 0.0579. The third-order valence-electron chi connectivity index (χ3n) is 1.50. The lowest BCUT2D eigenvalue weighted by Gasteiger charge is -2.19. The zero-order chi connectivity index (χ0) is 11.7. The van der Waals surface area contributed by atoms with Gasteiger partial charge in [-0.25, -0.2) is 16.8 Å². The molecule has 83 valence electrons. The third-order valence-corrected chi connectivity index (χ3v) is 4.76. The maximum absolute atomic E-state index is 11.3. The van der Waals surface area contributed by atoms with E-state index in [2.05, 4.69) is 6.07 Å². The van der Waals surface area contributed by atoms with Crippen LogP contribution in [0.1, 0.15) is 0 Å². The molecule has 15 heavy (non-hydrogen) atoms. The Morgan fingerprint density at radius 2 is 1.67 bits per heavy atom. The van der Waals surface area contributed by atoms with Crippen molar-refractivity contribution in [3.63, 3.8) is 0 Å². The molecule has 1 radical (unpaired) electrons. The second kappa shape index (κ2) is 3.82. The van der Waals surface area contributed by atoms with Gasteiger partial charge in [-0.3, -0.25) is 0 Å². The lowest BCUT2D eigenvalue weighted by molar-refractivity contribution is 0.590. The molecule has 0 bridgehead atoms. The van der Waals surface area contributed by atoms with E-state index in [1.807, 2.05) is 0 Å². The largest absolute Gasteiger partial charge is 0.245 e. The van der Waals surface area contributed by atoms with Gasteiger partial charge in [0.25, 0.3) is 0 Å². The first-order valence-electron chi connectivity index (χ1n) is 3.89. The fraction of sp³-hybridized carbons (Fsp3) is 0.250. The van der Waals surface area contributed by atoms with E-state index in [1.54, 1.807) is 6.07 Å². The highest BCUT2D eigenvalue weighted by Gasteiger charge is 2.26. The van der Waals surface area contributed by atoms with Crippen molar-refractivity contribution in [1.82, 2.24) is 0 Å². The van der Waals surface area contributed by atoms with Crippen LogP contribution < -0.4 is 3.71 Å².